The van der Waals surface area contributed by atoms with Crippen molar-refractivity contribution in [2.45, 2.75) is 50.5 Å². The van der Waals surface area contributed by atoms with Crippen molar-refractivity contribution >= 4 is 16.9 Å². The fourth-order valence-corrected chi connectivity index (χ4v) is 4.19. The van der Waals surface area contributed by atoms with Crippen LogP contribution in [0, 0.1) is 0 Å². The molecule has 1 fully saturated rings. The van der Waals surface area contributed by atoms with Crippen LogP contribution < -0.4 is 5.32 Å². The van der Waals surface area contributed by atoms with E-state index in [0.29, 0.717) is 13.0 Å². The molecule has 5 nitrogen and oxygen atoms in total. The Labute approximate surface area is 153 Å². The predicted octanol–water partition coefficient (Wildman–Crippen LogP) is 3.77. The van der Waals surface area contributed by atoms with E-state index in [0.717, 1.165) is 36.1 Å². The third-order valence-corrected chi connectivity index (χ3v) is 5.55. The zero-order valence-corrected chi connectivity index (χ0v) is 15.1. The van der Waals surface area contributed by atoms with E-state index in [2.05, 4.69) is 44.4 Å². The van der Waals surface area contributed by atoms with E-state index in [9.17, 15) is 4.79 Å². The van der Waals surface area contributed by atoms with Crippen molar-refractivity contribution in [1.29, 1.82) is 0 Å². The Morgan fingerprint density at radius 2 is 1.88 bits per heavy atom. The maximum Gasteiger partial charge on any atom is 0.222 e. The number of nitrogens with zero attached hydrogens (tertiary/aromatic N) is 2. The summed E-state index contributed by atoms with van der Waals surface area (Å²) in [5, 5.41) is 3.10. The van der Waals surface area contributed by atoms with Crippen LogP contribution in [0.15, 0.2) is 48.8 Å². The molecule has 0 spiro atoms. The van der Waals surface area contributed by atoms with Crippen LogP contribution in [0.25, 0.3) is 11.0 Å². The van der Waals surface area contributed by atoms with Gasteiger partial charge in [-0.05, 0) is 37.1 Å². The van der Waals surface area contributed by atoms with Gasteiger partial charge in [0.25, 0.3) is 0 Å². The number of carbonyl (C=O) groups is 1. The van der Waals surface area contributed by atoms with Crippen molar-refractivity contribution in [1.82, 2.24) is 19.9 Å². The van der Waals surface area contributed by atoms with E-state index in [1.165, 1.54) is 19.3 Å². The standard InChI is InChI=1S/C21H26N4O/c26-20(16-21(11-4-1-5-12-21)25-14-6-7-15-25)22-13-10-19-23-17-8-2-3-9-18(17)24-19/h2-3,6-9,14-15H,1,4-5,10-13,16H2,(H,22,26)(H,23,24). The van der Waals surface area contributed by atoms with E-state index in [1.54, 1.807) is 0 Å². The summed E-state index contributed by atoms with van der Waals surface area (Å²) < 4.78 is 2.25. The first-order valence-electron chi connectivity index (χ1n) is 9.59. The molecule has 5 heteroatoms. The van der Waals surface area contributed by atoms with E-state index >= 15 is 0 Å². The van der Waals surface area contributed by atoms with Gasteiger partial charge in [0, 0.05) is 25.4 Å². The average molecular weight is 350 g/mol. The second kappa shape index (κ2) is 7.36. The first kappa shape index (κ1) is 16.9. The van der Waals surface area contributed by atoms with Crippen LogP contribution in [0.5, 0.6) is 0 Å². The number of imidazole rings is 1. The van der Waals surface area contributed by atoms with Crippen molar-refractivity contribution < 1.29 is 4.79 Å². The molecule has 0 radical (unpaired) electrons. The fourth-order valence-electron chi connectivity index (χ4n) is 4.19. The Morgan fingerprint density at radius 1 is 1.12 bits per heavy atom. The summed E-state index contributed by atoms with van der Waals surface area (Å²) in [4.78, 5) is 20.5. The lowest BCUT2D eigenvalue weighted by atomic mass is 9.78. The number of hydrogen-bond acceptors (Lipinski definition) is 2. The molecule has 4 rings (SSSR count). The van der Waals surface area contributed by atoms with Crippen molar-refractivity contribution in [2.24, 2.45) is 0 Å². The Morgan fingerprint density at radius 3 is 2.65 bits per heavy atom. The summed E-state index contributed by atoms with van der Waals surface area (Å²) >= 11 is 0. The zero-order valence-electron chi connectivity index (χ0n) is 15.1. The number of hydrogen-bond donors (Lipinski definition) is 2. The molecule has 1 aliphatic rings. The van der Waals surface area contributed by atoms with Gasteiger partial charge >= 0.3 is 0 Å². The van der Waals surface area contributed by atoms with Gasteiger partial charge in [0.2, 0.25) is 5.91 Å². The number of nitrogens with one attached hydrogen (secondary N) is 2. The van der Waals surface area contributed by atoms with E-state index in [4.69, 9.17) is 0 Å². The number of fused-ring (bicyclic) bond motifs is 1. The molecule has 0 atom stereocenters. The Balaban J connectivity index is 1.35. The molecular formula is C21H26N4O. The molecule has 1 amide bonds. The van der Waals surface area contributed by atoms with Gasteiger partial charge in [-0.2, -0.15) is 0 Å². The summed E-state index contributed by atoms with van der Waals surface area (Å²) in [5.74, 6) is 1.06. The normalized spacial score (nSPS) is 16.6. The van der Waals surface area contributed by atoms with Crippen LogP contribution in [-0.4, -0.2) is 27.0 Å². The summed E-state index contributed by atoms with van der Waals surface area (Å²) in [6.45, 7) is 0.612. The van der Waals surface area contributed by atoms with Gasteiger partial charge in [0.1, 0.15) is 5.82 Å². The first-order valence-corrected chi connectivity index (χ1v) is 9.59. The van der Waals surface area contributed by atoms with Gasteiger partial charge in [-0.1, -0.05) is 31.4 Å². The van der Waals surface area contributed by atoms with Crippen LogP contribution in [0.3, 0.4) is 0 Å². The second-order valence-electron chi connectivity index (χ2n) is 7.35. The number of aromatic amines is 1. The lowest BCUT2D eigenvalue weighted by Crippen LogP contribution is -2.41. The number of rotatable bonds is 6. The van der Waals surface area contributed by atoms with Crippen LogP contribution in [-0.2, 0) is 16.8 Å². The van der Waals surface area contributed by atoms with Gasteiger partial charge in [0.15, 0.2) is 0 Å². The predicted molar refractivity (Wildman–Crippen MR) is 103 cm³/mol. The molecule has 2 heterocycles. The highest BCUT2D eigenvalue weighted by atomic mass is 16.1. The number of para-hydroxylation sites is 2. The van der Waals surface area contributed by atoms with E-state index < -0.39 is 0 Å². The molecule has 1 aromatic carbocycles. The van der Waals surface area contributed by atoms with Crippen molar-refractivity contribution in [3.05, 3.63) is 54.6 Å². The van der Waals surface area contributed by atoms with Gasteiger partial charge in [-0.3, -0.25) is 4.79 Å². The molecule has 0 saturated heterocycles. The van der Waals surface area contributed by atoms with Crippen LogP contribution in [0.1, 0.15) is 44.3 Å². The lowest BCUT2D eigenvalue weighted by Gasteiger charge is -2.38. The molecule has 2 N–H and O–H groups in total. The molecule has 0 aliphatic heterocycles. The number of carbonyl (C=O) groups excluding carboxylic acids is 1. The first-order chi connectivity index (χ1) is 12.8. The second-order valence-corrected chi connectivity index (χ2v) is 7.35. The molecule has 0 bridgehead atoms. The number of H-pyrrole nitrogens is 1. The topological polar surface area (TPSA) is 62.7 Å². The van der Waals surface area contributed by atoms with Crippen LogP contribution >= 0.6 is 0 Å². The van der Waals surface area contributed by atoms with Gasteiger partial charge in [0.05, 0.1) is 23.0 Å². The molecule has 1 saturated carbocycles. The number of amides is 1. The highest BCUT2D eigenvalue weighted by Crippen LogP contribution is 2.37. The summed E-state index contributed by atoms with van der Waals surface area (Å²) in [6.07, 6.45) is 11.3. The Kier molecular flexibility index (Phi) is 4.78. The third kappa shape index (κ3) is 3.52. The summed E-state index contributed by atoms with van der Waals surface area (Å²) in [5.41, 5.74) is 1.97. The monoisotopic (exact) mass is 350 g/mol. The molecule has 0 unspecified atom stereocenters. The minimum Gasteiger partial charge on any atom is -0.356 e. The summed E-state index contributed by atoms with van der Waals surface area (Å²) in [7, 11) is 0. The van der Waals surface area contributed by atoms with Crippen molar-refractivity contribution in [2.75, 3.05) is 6.54 Å². The highest BCUT2D eigenvalue weighted by molar-refractivity contribution is 5.77. The number of aromatic nitrogens is 3. The molecule has 136 valence electrons. The molecule has 26 heavy (non-hydrogen) atoms. The lowest BCUT2D eigenvalue weighted by molar-refractivity contribution is -0.123. The largest absolute Gasteiger partial charge is 0.356 e. The minimum atomic E-state index is -0.0504. The Hall–Kier alpha value is -2.56. The molecule has 1 aliphatic carbocycles. The quantitative estimate of drug-likeness (QED) is 0.711. The fraction of sp³-hybridized carbons (Fsp3) is 0.429. The molecule has 3 aromatic rings. The van der Waals surface area contributed by atoms with Gasteiger partial charge in [-0.25, -0.2) is 4.98 Å². The van der Waals surface area contributed by atoms with Crippen molar-refractivity contribution in [3.63, 3.8) is 0 Å². The average Bonchev–Trinajstić information content (AvgIpc) is 3.32. The van der Waals surface area contributed by atoms with Crippen molar-refractivity contribution in [3.8, 4) is 0 Å². The van der Waals surface area contributed by atoms with Gasteiger partial charge < -0.3 is 14.9 Å². The zero-order chi connectivity index (χ0) is 17.8. The van der Waals surface area contributed by atoms with Gasteiger partial charge in [-0.15, -0.1) is 0 Å². The maximum atomic E-state index is 12.6. The number of benzene rings is 1. The smallest absolute Gasteiger partial charge is 0.222 e. The van der Waals surface area contributed by atoms with Crippen LogP contribution in [0.4, 0.5) is 0 Å². The molecular weight excluding hydrogens is 324 g/mol. The SMILES string of the molecule is O=C(CC1(n2cccc2)CCCCC1)NCCc1nc2ccccc2[nH]1. The minimum absolute atomic E-state index is 0.0504. The van der Waals surface area contributed by atoms with E-state index in [1.807, 2.05) is 24.3 Å². The molecule has 2 aromatic heterocycles. The van der Waals surface area contributed by atoms with Crippen LogP contribution in [0.2, 0.25) is 0 Å². The Bertz CT molecular complexity index is 826. The summed E-state index contributed by atoms with van der Waals surface area (Å²) in [6, 6.07) is 12.1. The van der Waals surface area contributed by atoms with E-state index in [-0.39, 0.29) is 11.4 Å². The third-order valence-electron chi connectivity index (χ3n) is 5.55. The maximum absolute atomic E-state index is 12.6. The highest BCUT2D eigenvalue weighted by Gasteiger charge is 2.35.